The molecule has 4 aromatic carbocycles. The van der Waals surface area contributed by atoms with Gasteiger partial charge in [-0.25, -0.2) is 0 Å². The first-order valence-electron chi connectivity index (χ1n) is 11.9. The summed E-state index contributed by atoms with van der Waals surface area (Å²) >= 11 is 3.12. The molecule has 0 unspecified atom stereocenters. The van der Waals surface area contributed by atoms with Gasteiger partial charge in [0.1, 0.15) is 5.82 Å². The summed E-state index contributed by atoms with van der Waals surface area (Å²) in [7, 11) is 0. The van der Waals surface area contributed by atoms with Crippen LogP contribution >= 0.6 is 23.5 Å². The van der Waals surface area contributed by atoms with Gasteiger partial charge in [-0.3, -0.25) is 14.3 Å². The minimum absolute atomic E-state index is 0.0272. The lowest BCUT2D eigenvalue weighted by Crippen LogP contribution is -2.27. The Morgan fingerprint density at radius 2 is 1.30 bits per heavy atom. The van der Waals surface area contributed by atoms with Crippen LogP contribution in [0.3, 0.4) is 0 Å². The van der Waals surface area contributed by atoms with Crippen LogP contribution in [0.4, 0.5) is 11.4 Å². The van der Waals surface area contributed by atoms with E-state index in [1.807, 2.05) is 91.0 Å². The number of benzene rings is 4. The van der Waals surface area contributed by atoms with Crippen molar-refractivity contribution >= 4 is 40.8 Å². The lowest BCUT2D eigenvalue weighted by molar-refractivity contribution is -0.115. The van der Waals surface area contributed by atoms with Gasteiger partial charge in [-0.2, -0.15) is 0 Å². The molecule has 5 nitrogen and oxygen atoms in total. The first kappa shape index (κ1) is 24.9. The molecule has 0 N–H and O–H groups in total. The summed E-state index contributed by atoms with van der Waals surface area (Å²) < 4.78 is 2.05. The van der Waals surface area contributed by atoms with E-state index in [2.05, 4.69) is 46.0 Å². The zero-order valence-electron chi connectivity index (χ0n) is 20.4. The molecule has 184 valence electrons. The van der Waals surface area contributed by atoms with Crippen LogP contribution in [0.25, 0.3) is 5.69 Å². The highest BCUT2D eigenvalue weighted by Gasteiger charge is 2.21. The number of nitrogens with zero attached hydrogens (tertiary/aromatic N) is 4. The highest BCUT2D eigenvalue weighted by molar-refractivity contribution is 7.99. The predicted octanol–water partition coefficient (Wildman–Crippen LogP) is 7.33. The molecule has 0 radical (unpaired) electrons. The third-order valence-corrected chi connectivity index (χ3v) is 7.63. The molecule has 0 saturated carbocycles. The highest BCUT2D eigenvalue weighted by Crippen LogP contribution is 2.30. The molecule has 1 aromatic heterocycles. The van der Waals surface area contributed by atoms with Gasteiger partial charge < -0.3 is 0 Å². The van der Waals surface area contributed by atoms with Gasteiger partial charge >= 0.3 is 0 Å². The van der Waals surface area contributed by atoms with E-state index >= 15 is 0 Å². The maximum atomic E-state index is 13.6. The summed E-state index contributed by atoms with van der Waals surface area (Å²) in [5.41, 5.74) is 3.88. The van der Waals surface area contributed by atoms with Gasteiger partial charge in [0.15, 0.2) is 5.16 Å². The van der Waals surface area contributed by atoms with E-state index in [9.17, 15) is 4.79 Å². The van der Waals surface area contributed by atoms with Crippen molar-refractivity contribution < 1.29 is 4.79 Å². The zero-order chi connectivity index (χ0) is 25.5. The number of hydrogen-bond acceptors (Lipinski definition) is 5. The molecule has 0 spiro atoms. The van der Waals surface area contributed by atoms with Crippen LogP contribution in [-0.2, 0) is 10.5 Å². The number of aryl methyl sites for hydroxylation is 1. The van der Waals surface area contributed by atoms with Gasteiger partial charge in [-0.05, 0) is 55.5 Å². The first-order chi connectivity index (χ1) is 18.2. The Labute approximate surface area is 225 Å². The Morgan fingerprint density at radius 3 is 1.89 bits per heavy atom. The molecule has 0 saturated heterocycles. The summed E-state index contributed by atoms with van der Waals surface area (Å²) in [6.45, 7) is 2.09. The monoisotopic (exact) mass is 522 g/mol. The van der Waals surface area contributed by atoms with Crippen LogP contribution in [0.2, 0.25) is 0 Å². The third kappa shape index (κ3) is 6.13. The Bertz CT molecular complexity index is 1400. The van der Waals surface area contributed by atoms with Crippen LogP contribution in [0.5, 0.6) is 0 Å². The molecule has 5 aromatic rings. The van der Waals surface area contributed by atoms with Crippen molar-refractivity contribution in [2.24, 2.45) is 0 Å². The third-order valence-electron chi connectivity index (χ3n) is 5.71. The molecule has 0 atom stereocenters. The van der Waals surface area contributed by atoms with E-state index in [1.54, 1.807) is 16.7 Å². The SMILES string of the molecule is Cc1ccc(SCc2nnc(SCC(=O)N(c3ccccc3)c3ccccc3)n2-c2ccccc2)cc1. The largest absolute Gasteiger partial charge is 0.280 e. The average Bonchev–Trinajstić information content (AvgIpc) is 3.36. The van der Waals surface area contributed by atoms with Crippen LogP contribution < -0.4 is 4.90 Å². The van der Waals surface area contributed by atoms with Gasteiger partial charge in [-0.1, -0.05) is 84.1 Å². The van der Waals surface area contributed by atoms with Gasteiger partial charge in [0, 0.05) is 22.0 Å². The lowest BCUT2D eigenvalue weighted by Gasteiger charge is -2.23. The number of para-hydroxylation sites is 3. The summed E-state index contributed by atoms with van der Waals surface area (Å²) in [5, 5.41) is 9.69. The van der Waals surface area contributed by atoms with Gasteiger partial charge in [-0.15, -0.1) is 22.0 Å². The number of hydrogen-bond donors (Lipinski definition) is 0. The molecule has 0 fully saturated rings. The molecule has 1 heterocycles. The highest BCUT2D eigenvalue weighted by atomic mass is 32.2. The fourth-order valence-electron chi connectivity index (χ4n) is 3.89. The van der Waals surface area contributed by atoms with E-state index < -0.39 is 0 Å². The van der Waals surface area contributed by atoms with Crippen molar-refractivity contribution in [2.75, 3.05) is 10.7 Å². The molecule has 0 bridgehead atoms. The van der Waals surface area contributed by atoms with Crippen molar-refractivity contribution in [3.63, 3.8) is 0 Å². The first-order valence-corrected chi connectivity index (χ1v) is 13.9. The zero-order valence-corrected chi connectivity index (χ0v) is 22.0. The number of rotatable bonds is 9. The quantitative estimate of drug-likeness (QED) is 0.190. The normalized spacial score (nSPS) is 10.8. The van der Waals surface area contributed by atoms with Crippen molar-refractivity contribution in [3.8, 4) is 5.69 Å². The fraction of sp³-hybridized carbons (Fsp3) is 0.100. The van der Waals surface area contributed by atoms with Gasteiger partial charge in [0.25, 0.3) is 0 Å². The second-order valence-electron chi connectivity index (χ2n) is 8.36. The number of amides is 1. The summed E-state index contributed by atoms with van der Waals surface area (Å²) in [4.78, 5) is 16.5. The molecule has 5 rings (SSSR count). The maximum absolute atomic E-state index is 13.6. The van der Waals surface area contributed by atoms with Crippen LogP contribution in [-0.4, -0.2) is 26.4 Å². The molecule has 0 aliphatic rings. The van der Waals surface area contributed by atoms with Crippen LogP contribution in [0.1, 0.15) is 11.4 Å². The van der Waals surface area contributed by atoms with E-state index in [0.29, 0.717) is 10.9 Å². The topological polar surface area (TPSA) is 51.0 Å². The average molecular weight is 523 g/mol. The summed E-state index contributed by atoms with van der Waals surface area (Å²) in [6.07, 6.45) is 0. The standard InChI is InChI=1S/C30H26N4OS2/c1-23-17-19-27(20-18-23)36-21-28-31-32-30(34(28)26-15-9-4-10-16-26)37-22-29(35)33(24-11-5-2-6-12-24)25-13-7-3-8-14-25/h2-20H,21-22H2,1H3. The minimum atomic E-state index is -0.0272. The number of anilines is 2. The second kappa shape index (κ2) is 12.0. The Hall–Kier alpha value is -3.81. The summed E-state index contributed by atoms with van der Waals surface area (Å²) in [6, 6.07) is 38.0. The number of carbonyl (C=O) groups excluding carboxylic acids is 1. The van der Waals surface area contributed by atoms with Crippen molar-refractivity contribution in [1.82, 2.24) is 14.8 Å². The molecule has 7 heteroatoms. The van der Waals surface area contributed by atoms with E-state index in [1.165, 1.54) is 22.2 Å². The fourth-order valence-corrected chi connectivity index (χ4v) is 5.52. The van der Waals surface area contributed by atoms with Crippen molar-refractivity contribution in [2.45, 2.75) is 22.7 Å². The summed E-state index contributed by atoms with van der Waals surface area (Å²) in [5.74, 6) is 1.70. The van der Waals surface area contributed by atoms with Gasteiger partial charge in [0.05, 0.1) is 11.5 Å². The predicted molar refractivity (Wildman–Crippen MR) is 153 cm³/mol. The number of carbonyl (C=O) groups is 1. The molecular formula is C30H26N4OS2. The molecule has 37 heavy (non-hydrogen) atoms. The Morgan fingerprint density at radius 1 is 0.730 bits per heavy atom. The molecular weight excluding hydrogens is 496 g/mol. The second-order valence-corrected chi connectivity index (χ2v) is 10.4. The lowest BCUT2D eigenvalue weighted by atomic mass is 10.2. The van der Waals surface area contributed by atoms with Gasteiger partial charge in [0.2, 0.25) is 5.91 Å². The number of aromatic nitrogens is 3. The van der Waals surface area contributed by atoms with E-state index in [0.717, 1.165) is 22.9 Å². The van der Waals surface area contributed by atoms with Crippen molar-refractivity contribution in [3.05, 3.63) is 127 Å². The van der Waals surface area contributed by atoms with E-state index in [-0.39, 0.29) is 11.7 Å². The van der Waals surface area contributed by atoms with Crippen molar-refractivity contribution in [1.29, 1.82) is 0 Å². The Balaban J connectivity index is 1.39. The molecule has 0 aliphatic heterocycles. The minimum Gasteiger partial charge on any atom is -0.280 e. The number of thioether (sulfide) groups is 2. The maximum Gasteiger partial charge on any atom is 0.242 e. The van der Waals surface area contributed by atoms with Crippen LogP contribution in [0.15, 0.2) is 125 Å². The smallest absolute Gasteiger partial charge is 0.242 e. The molecule has 0 aliphatic carbocycles. The van der Waals surface area contributed by atoms with Crippen LogP contribution in [0, 0.1) is 6.92 Å². The molecule has 1 amide bonds. The van der Waals surface area contributed by atoms with E-state index in [4.69, 9.17) is 0 Å². The Kier molecular flexibility index (Phi) is 8.03.